The highest BCUT2D eigenvalue weighted by Gasteiger charge is 2.42. The first-order valence-electron chi connectivity index (χ1n) is 9.13. The zero-order valence-corrected chi connectivity index (χ0v) is 17.0. The van der Waals surface area contributed by atoms with Crippen molar-refractivity contribution >= 4 is 21.9 Å². The fourth-order valence-electron chi connectivity index (χ4n) is 3.22. The molecule has 0 spiro atoms. The van der Waals surface area contributed by atoms with Gasteiger partial charge in [-0.25, -0.2) is 8.42 Å². The maximum atomic E-state index is 13.0. The van der Waals surface area contributed by atoms with Gasteiger partial charge in [0.15, 0.2) is 12.4 Å². The molecular weight excluding hydrogens is 374 g/mol. The summed E-state index contributed by atoms with van der Waals surface area (Å²) in [4.78, 5) is 24.3. The highest BCUT2D eigenvalue weighted by Crippen LogP contribution is 2.30. The smallest absolute Gasteiger partial charge is 0.324 e. The Morgan fingerprint density at radius 2 is 2.00 bits per heavy atom. The fraction of sp³-hybridized carbons (Fsp3) is 0.706. The average molecular weight is 401 g/mol. The Balaban J connectivity index is 2.05. The van der Waals surface area contributed by atoms with Gasteiger partial charge in [0.1, 0.15) is 16.6 Å². The van der Waals surface area contributed by atoms with E-state index in [4.69, 9.17) is 9.26 Å². The van der Waals surface area contributed by atoms with Crippen LogP contribution < -0.4 is 5.32 Å². The van der Waals surface area contributed by atoms with Crippen molar-refractivity contribution in [2.24, 2.45) is 0 Å². The van der Waals surface area contributed by atoms with Gasteiger partial charge in [-0.3, -0.25) is 9.59 Å². The second-order valence-corrected chi connectivity index (χ2v) is 8.44. The molecule has 1 saturated heterocycles. The highest BCUT2D eigenvalue weighted by atomic mass is 32.2. The molecule has 1 atom stereocenters. The van der Waals surface area contributed by atoms with Crippen LogP contribution in [0.25, 0.3) is 0 Å². The fourth-order valence-corrected chi connectivity index (χ4v) is 5.16. The molecule has 1 N–H and O–H groups in total. The number of amides is 1. The number of nitrogens with zero attached hydrogens (tertiary/aromatic N) is 2. The van der Waals surface area contributed by atoms with Crippen molar-refractivity contribution in [2.75, 3.05) is 13.2 Å². The molecule has 0 aliphatic carbocycles. The van der Waals surface area contributed by atoms with Gasteiger partial charge in [0.05, 0.1) is 0 Å². The van der Waals surface area contributed by atoms with Crippen molar-refractivity contribution in [1.82, 2.24) is 14.8 Å². The van der Waals surface area contributed by atoms with E-state index in [9.17, 15) is 18.0 Å². The molecule has 1 aliphatic rings. The Morgan fingerprint density at radius 1 is 1.33 bits per heavy atom. The van der Waals surface area contributed by atoms with Crippen LogP contribution in [0.1, 0.15) is 51.0 Å². The number of rotatable bonds is 8. The van der Waals surface area contributed by atoms with Gasteiger partial charge < -0.3 is 14.6 Å². The van der Waals surface area contributed by atoms with Crippen LogP contribution in [-0.2, 0) is 24.3 Å². The first-order chi connectivity index (χ1) is 12.7. The van der Waals surface area contributed by atoms with E-state index in [1.807, 2.05) is 13.8 Å². The van der Waals surface area contributed by atoms with Gasteiger partial charge in [-0.05, 0) is 39.5 Å². The molecular formula is C17H27N3O6S. The number of nitrogens with one attached hydrogen (secondary N) is 1. The van der Waals surface area contributed by atoms with Gasteiger partial charge in [-0.15, -0.1) is 0 Å². The summed E-state index contributed by atoms with van der Waals surface area (Å²) < 4.78 is 37.1. The van der Waals surface area contributed by atoms with E-state index in [-0.39, 0.29) is 28.9 Å². The molecule has 1 fully saturated rings. The first kappa shape index (κ1) is 21.4. The normalized spacial score (nSPS) is 18.0. The second-order valence-electron chi connectivity index (χ2n) is 6.62. The van der Waals surface area contributed by atoms with Crippen LogP contribution >= 0.6 is 0 Å². The lowest BCUT2D eigenvalue weighted by atomic mass is 10.2. The largest absolute Gasteiger partial charge is 0.454 e. The van der Waals surface area contributed by atoms with Crippen LogP contribution in [0.5, 0.6) is 0 Å². The molecule has 0 radical (unpaired) electrons. The summed E-state index contributed by atoms with van der Waals surface area (Å²) >= 11 is 0. The van der Waals surface area contributed by atoms with Gasteiger partial charge in [-0.2, -0.15) is 4.31 Å². The van der Waals surface area contributed by atoms with Gasteiger partial charge in [0, 0.05) is 12.6 Å². The van der Waals surface area contributed by atoms with E-state index in [0.717, 1.165) is 17.1 Å². The number of sulfonamides is 1. The summed E-state index contributed by atoms with van der Waals surface area (Å²) in [6.07, 6.45) is 2.43. The predicted molar refractivity (Wildman–Crippen MR) is 96.4 cm³/mol. The van der Waals surface area contributed by atoms with Crippen molar-refractivity contribution in [2.45, 2.75) is 70.4 Å². The minimum Gasteiger partial charge on any atom is -0.454 e. The summed E-state index contributed by atoms with van der Waals surface area (Å²) in [6.45, 7) is 6.73. The number of hydrogen-bond acceptors (Lipinski definition) is 7. The van der Waals surface area contributed by atoms with Crippen LogP contribution in [0.3, 0.4) is 0 Å². The number of aryl methyl sites for hydroxylation is 2. The average Bonchev–Trinajstić information content (AvgIpc) is 3.25. The topological polar surface area (TPSA) is 119 Å². The number of aromatic nitrogens is 1. The molecule has 1 aromatic rings. The van der Waals surface area contributed by atoms with Crippen LogP contribution in [0.4, 0.5) is 0 Å². The summed E-state index contributed by atoms with van der Waals surface area (Å²) in [5.74, 6) is -0.936. The van der Waals surface area contributed by atoms with E-state index in [1.165, 1.54) is 13.8 Å². The number of ether oxygens (including phenoxy) is 1. The summed E-state index contributed by atoms with van der Waals surface area (Å²) in [5.41, 5.74) is 0.246. The highest BCUT2D eigenvalue weighted by molar-refractivity contribution is 7.89. The standard InChI is InChI=1S/C17H27N3O6S/c1-5-13(6-2)18-15(21)10-25-17(22)14-8-7-9-20(14)27(23,24)16-11(3)19-26-12(16)4/h13-14H,5-10H2,1-4H3,(H,18,21)/t14-/m0/s1. The Hall–Kier alpha value is -1.94. The van der Waals surface area contributed by atoms with Crippen molar-refractivity contribution < 1.29 is 27.3 Å². The van der Waals surface area contributed by atoms with Crippen molar-refractivity contribution in [3.63, 3.8) is 0 Å². The van der Waals surface area contributed by atoms with E-state index in [1.54, 1.807) is 0 Å². The Kier molecular flexibility index (Phi) is 6.99. The van der Waals surface area contributed by atoms with Crippen LogP contribution in [0.15, 0.2) is 9.42 Å². The molecule has 0 aromatic carbocycles. The van der Waals surface area contributed by atoms with Crippen LogP contribution in [-0.4, -0.2) is 55.0 Å². The molecule has 1 amide bonds. The SMILES string of the molecule is CCC(CC)NC(=O)COC(=O)[C@@H]1CCCN1S(=O)(=O)c1c(C)noc1C. The molecule has 9 nitrogen and oxygen atoms in total. The van der Waals surface area contributed by atoms with Gasteiger partial charge >= 0.3 is 5.97 Å². The van der Waals surface area contributed by atoms with Crippen molar-refractivity contribution in [1.29, 1.82) is 0 Å². The summed E-state index contributed by atoms with van der Waals surface area (Å²) in [6, 6.07) is -0.927. The summed E-state index contributed by atoms with van der Waals surface area (Å²) in [5, 5.41) is 6.45. The summed E-state index contributed by atoms with van der Waals surface area (Å²) in [7, 11) is -3.94. The molecule has 10 heteroatoms. The second kappa shape index (κ2) is 8.83. The molecule has 1 aliphatic heterocycles. The zero-order chi connectivity index (χ0) is 20.2. The molecule has 2 heterocycles. The van der Waals surface area contributed by atoms with Crippen LogP contribution in [0.2, 0.25) is 0 Å². The Morgan fingerprint density at radius 3 is 2.56 bits per heavy atom. The monoisotopic (exact) mass is 401 g/mol. The van der Waals surface area contributed by atoms with Gasteiger partial charge in [0.25, 0.3) is 5.91 Å². The van der Waals surface area contributed by atoms with E-state index in [2.05, 4.69) is 10.5 Å². The molecule has 0 unspecified atom stereocenters. The van der Waals surface area contributed by atoms with E-state index in [0.29, 0.717) is 12.8 Å². The third-order valence-electron chi connectivity index (χ3n) is 4.71. The minimum atomic E-state index is -3.94. The maximum Gasteiger partial charge on any atom is 0.324 e. The lowest BCUT2D eigenvalue weighted by Crippen LogP contribution is -2.43. The number of esters is 1. The quantitative estimate of drug-likeness (QED) is 0.652. The predicted octanol–water partition coefficient (Wildman–Crippen LogP) is 1.29. The number of carbonyl (C=O) groups excluding carboxylic acids is 2. The lowest BCUT2D eigenvalue weighted by Gasteiger charge is -2.22. The molecule has 27 heavy (non-hydrogen) atoms. The number of carbonyl (C=O) groups is 2. The van der Waals surface area contributed by atoms with E-state index >= 15 is 0 Å². The third-order valence-corrected chi connectivity index (χ3v) is 6.86. The third kappa shape index (κ3) is 4.67. The zero-order valence-electron chi connectivity index (χ0n) is 16.1. The molecule has 0 saturated carbocycles. The van der Waals surface area contributed by atoms with E-state index < -0.39 is 34.5 Å². The van der Waals surface area contributed by atoms with Gasteiger partial charge in [0.2, 0.25) is 10.0 Å². The first-order valence-corrected chi connectivity index (χ1v) is 10.6. The van der Waals surface area contributed by atoms with Crippen molar-refractivity contribution in [3.8, 4) is 0 Å². The van der Waals surface area contributed by atoms with Crippen LogP contribution in [0, 0.1) is 13.8 Å². The molecule has 0 bridgehead atoms. The minimum absolute atomic E-state index is 0.0197. The Bertz CT molecular complexity index is 765. The van der Waals surface area contributed by atoms with Gasteiger partial charge in [-0.1, -0.05) is 19.0 Å². The maximum absolute atomic E-state index is 13.0. The molecule has 2 rings (SSSR count). The Labute approximate surface area is 159 Å². The van der Waals surface area contributed by atoms with Crippen molar-refractivity contribution in [3.05, 3.63) is 11.5 Å². The molecule has 152 valence electrons. The lowest BCUT2D eigenvalue weighted by molar-refractivity contribution is -0.151. The number of hydrogen-bond donors (Lipinski definition) is 1. The molecule has 1 aromatic heterocycles.